The van der Waals surface area contributed by atoms with E-state index in [1.165, 1.54) is 60.2 Å². The van der Waals surface area contributed by atoms with Crippen molar-refractivity contribution in [1.82, 2.24) is 0 Å². The Labute approximate surface area is 152 Å². The first-order valence-corrected chi connectivity index (χ1v) is 10.4. The van der Waals surface area contributed by atoms with Gasteiger partial charge in [0.25, 0.3) is 0 Å². The van der Waals surface area contributed by atoms with E-state index in [2.05, 4.69) is 56.9 Å². The highest BCUT2D eigenvalue weighted by Crippen LogP contribution is 2.43. The van der Waals surface area contributed by atoms with Crippen molar-refractivity contribution in [2.75, 3.05) is 5.32 Å². The van der Waals surface area contributed by atoms with Gasteiger partial charge in [0.1, 0.15) is 0 Å². The average molecular weight is 350 g/mol. The second-order valence-corrected chi connectivity index (χ2v) is 8.65. The molecule has 1 aromatic rings. The Hall–Kier alpha value is -0.540. The Morgan fingerprint density at radius 2 is 1.83 bits per heavy atom. The normalized spacial score (nSPS) is 21.3. The van der Waals surface area contributed by atoms with E-state index in [-0.39, 0.29) is 0 Å². The fourth-order valence-electron chi connectivity index (χ4n) is 3.48. The average Bonchev–Trinajstić information content (AvgIpc) is 2.48. The molecule has 2 rings (SSSR count). The molecular weight excluding hydrogens is 318 g/mol. The zero-order valence-electron chi connectivity index (χ0n) is 15.1. The number of fused-ring (bicyclic) bond motifs is 1. The van der Waals surface area contributed by atoms with Gasteiger partial charge in [-0.25, -0.2) is 0 Å². The molecule has 0 radical (unpaired) electrons. The molecule has 0 spiro atoms. The molecule has 1 heterocycles. The van der Waals surface area contributed by atoms with Gasteiger partial charge in [0.05, 0.1) is 10.7 Å². The predicted molar refractivity (Wildman–Crippen MR) is 109 cm³/mol. The van der Waals surface area contributed by atoms with Gasteiger partial charge in [-0.15, -0.1) is 11.8 Å². The summed E-state index contributed by atoms with van der Waals surface area (Å²) in [6.45, 7) is 8.99. The van der Waals surface area contributed by atoms with Crippen LogP contribution in [0.3, 0.4) is 0 Å². The summed E-state index contributed by atoms with van der Waals surface area (Å²) >= 11 is 7.79. The smallest absolute Gasteiger partial charge is 0.0800 e. The Bertz CT molecular complexity index is 539. The fraction of sp³-hybridized carbons (Fsp3) is 0.650. The third-order valence-corrected chi connectivity index (χ3v) is 6.68. The number of benzene rings is 1. The van der Waals surface area contributed by atoms with Crippen molar-refractivity contribution in [3.8, 4) is 0 Å². The zero-order chi connectivity index (χ0) is 16.8. The van der Waals surface area contributed by atoms with Crippen LogP contribution in [-0.2, 0) is 0 Å². The number of rotatable bonds is 6. The van der Waals surface area contributed by atoms with E-state index < -0.39 is 0 Å². The largest absolute Gasteiger partial charge is 0.349 e. The number of thiocarbonyl (C=S) groups is 1. The van der Waals surface area contributed by atoms with Crippen LogP contribution in [0.2, 0.25) is 0 Å². The Morgan fingerprint density at radius 3 is 2.52 bits per heavy atom. The highest BCUT2D eigenvalue weighted by Gasteiger charge is 2.27. The highest BCUT2D eigenvalue weighted by molar-refractivity contribution is 8.00. The topological polar surface area (TPSA) is 12.0 Å². The summed E-state index contributed by atoms with van der Waals surface area (Å²) < 4.78 is 0. The van der Waals surface area contributed by atoms with Crippen molar-refractivity contribution in [2.24, 2.45) is 5.92 Å². The van der Waals surface area contributed by atoms with Crippen LogP contribution < -0.4 is 5.32 Å². The van der Waals surface area contributed by atoms with E-state index in [4.69, 9.17) is 12.2 Å². The van der Waals surface area contributed by atoms with Crippen molar-refractivity contribution in [3.05, 3.63) is 23.3 Å². The third-order valence-electron chi connectivity index (χ3n) is 4.71. The Balaban J connectivity index is 2.32. The minimum atomic E-state index is 0.696. The van der Waals surface area contributed by atoms with Gasteiger partial charge in [-0.3, -0.25) is 0 Å². The van der Waals surface area contributed by atoms with E-state index in [1.807, 2.05) is 0 Å². The number of hydrogen-bond donors (Lipinski definition) is 1. The van der Waals surface area contributed by atoms with Crippen LogP contribution in [0.15, 0.2) is 17.0 Å². The van der Waals surface area contributed by atoms with E-state index in [1.54, 1.807) is 0 Å². The molecule has 0 aliphatic carbocycles. The van der Waals surface area contributed by atoms with Gasteiger partial charge in [-0.2, -0.15) is 0 Å². The maximum Gasteiger partial charge on any atom is 0.0800 e. The molecule has 3 heteroatoms. The molecule has 0 amide bonds. The van der Waals surface area contributed by atoms with Crippen LogP contribution in [0.5, 0.6) is 0 Å². The van der Waals surface area contributed by atoms with Gasteiger partial charge in [0.2, 0.25) is 0 Å². The van der Waals surface area contributed by atoms with Crippen LogP contribution in [0.4, 0.5) is 5.69 Å². The summed E-state index contributed by atoms with van der Waals surface area (Å²) in [6, 6.07) is 4.56. The number of nitrogens with one attached hydrogen (secondary N) is 1. The minimum Gasteiger partial charge on any atom is -0.349 e. The lowest BCUT2D eigenvalue weighted by atomic mass is 9.91. The first-order valence-electron chi connectivity index (χ1n) is 9.12. The summed E-state index contributed by atoms with van der Waals surface area (Å²) in [6.07, 6.45) is 8.85. The molecule has 0 bridgehead atoms. The maximum atomic E-state index is 5.69. The molecule has 0 saturated heterocycles. The van der Waals surface area contributed by atoms with Crippen LogP contribution in [-0.4, -0.2) is 10.2 Å². The first-order chi connectivity index (χ1) is 11.0. The molecule has 23 heavy (non-hydrogen) atoms. The standard InChI is InChI=1S/C20H31NS2/c1-5-7-9-16-13-19(22)21-17-12-14(3)11-15(4)20(17)23-18(16)10-8-6-2/h11-12,16,18H,5-10,13H2,1-4H3,(H,21,22). The first kappa shape index (κ1) is 18.8. The van der Waals surface area contributed by atoms with Crippen LogP contribution in [0.1, 0.15) is 69.9 Å². The molecule has 0 aromatic heterocycles. The van der Waals surface area contributed by atoms with E-state index in [0.29, 0.717) is 11.2 Å². The number of anilines is 1. The Morgan fingerprint density at radius 1 is 1.13 bits per heavy atom. The highest BCUT2D eigenvalue weighted by atomic mass is 32.2. The lowest BCUT2D eigenvalue weighted by molar-refractivity contribution is 0.440. The molecule has 2 unspecified atom stereocenters. The van der Waals surface area contributed by atoms with Gasteiger partial charge >= 0.3 is 0 Å². The van der Waals surface area contributed by atoms with Gasteiger partial charge in [-0.1, -0.05) is 57.8 Å². The molecule has 128 valence electrons. The quantitative estimate of drug-likeness (QED) is 0.561. The molecule has 1 aromatic carbocycles. The fourth-order valence-corrected chi connectivity index (χ4v) is 5.29. The monoisotopic (exact) mass is 349 g/mol. The van der Waals surface area contributed by atoms with E-state index in [0.717, 1.165) is 11.4 Å². The zero-order valence-corrected chi connectivity index (χ0v) is 16.7. The van der Waals surface area contributed by atoms with Crippen LogP contribution in [0, 0.1) is 19.8 Å². The summed E-state index contributed by atoms with van der Waals surface area (Å²) in [5.74, 6) is 0.709. The van der Waals surface area contributed by atoms with Crippen molar-refractivity contribution in [3.63, 3.8) is 0 Å². The van der Waals surface area contributed by atoms with E-state index >= 15 is 0 Å². The molecule has 2 atom stereocenters. The summed E-state index contributed by atoms with van der Waals surface area (Å²) in [7, 11) is 0. The number of hydrogen-bond acceptors (Lipinski definition) is 2. The molecule has 1 aliphatic rings. The minimum absolute atomic E-state index is 0.696. The van der Waals surface area contributed by atoms with Gasteiger partial charge in [0.15, 0.2) is 0 Å². The number of thioether (sulfide) groups is 1. The second kappa shape index (κ2) is 9.08. The third kappa shape index (κ3) is 5.22. The number of unbranched alkanes of at least 4 members (excludes halogenated alkanes) is 2. The molecule has 1 N–H and O–H groups in total. The van der Waals surface area contributed by atoms with Crippen LogP contribution in [0.25, 0.3) is 0 Å². The summed E-state index contributed by atoms with van der Waals surface area (Å²) in [5.41, 5.74) is 3.93. The lowest BCUT2D eigenvalue weighted by Gasteiger charge is -2.31. The predicted octanol–water partition coefficient (Wildman–Crippen LogP) is 6.90. The molecule has 0 saturated carbocycles. The van der Waals surface area contributed by atoms with Crippen molar-refractivity contribution >= 4 is 34.7 Å². The van der Waals surface area contributed by atoms with Crippen molar-refractivity contribution in [2.45, 2.75) is 82.8 Å². The van der Waals surface area contributed by atoms with Crippen molar-refractivity contribution in [1.29, 1.82) is 0 Å². The molecule has 0 fully saturated rings. The van der Waals surface area contributed by atoms with Crippen molar-refractivity contribution < 1.29 is 0 Å². The maximum absolute atomic E-state index is 5.69. The Kier molecular flexibility index (Phi) is 7.42. The molecule has 1 nitrogen and oxygen atoms in total. The van der Waals surface area contributed by atoms with Gasteiger partial charge < -0.3 is 5.32 Å². The van der Waals surface area contributed by atoms with Crippen LogP contribution >= 0.6 is 24.0 Å². The van der Waals surface area contributed by atoms with Gasteiger partial charge in [0, 0.05) is 16.6 Å². The van der Waals surface area contributed by atoms with E-state index in [9.17, 15) is 0 Å². The number of aryl methyl sites for hydroxylation is 2. The molecule has 1 aliphatic heterocycles. The molecular formula is C20H31NS2. The van der Waals surface area contributed by atoms with Gasteiger partial charge in [-0.05, 0) is 49.8 Å². The summed E-state index contributed by atoms with van der Waals surface area (Å²) in [4.78, 5) is 2.44. The second-order valence-electron chi connectivity index (χ2n) is 6.91. The SMILES string of the molecule is CCCCC1CC(=S)Nc2cc(C)cc(C)c2SC1CCCC. The summed E-state index contributed by atoms with van der Waals surface area (Å²) in [5, 5.41) is 4.23. The lowest BCUT2D eigenvalue weighted by Crippen LogP contribution is -2.26.